The van der Waals surface area contributed by atoms with Crippen molar-refractivity contribution in [3.63, 3.8) is 0 Å². The van der Waals surface area contributed by atoms with Crippen LogP contribution in [0.5, 0.6) is 0 Å². The lowest BCUT2D eigenvalue weighted by Gasteiger charge is -2.09. The Hall–Kier alpha value is -1.69. The fourth-order valence-corrected chi connectivity index (χ4v) is 2.34. The van der Waals surface area contributed by atoms with Crippen molar-refractivity contribution in [1.82, 2.24) is 15.3 Å². The highest BCUT2D eigenvalue weighted by Crippen LogP contribution is 2.27. The van der Waals surface area contributed by atoms with Gasteiger partial charge in [-0.3, -0.25) is 4.79 Å². The zero-order chi connectivity index (χ0) is 13.9. The van der Waals surface area contributed by atoms with E-state index in [2.05, 4.69) is 36.5 Å². The standard InChI is InChI=1S/C14H15BrN4O/c15-10-3-4-12-11(5-10)14(19-8-18-12)17-7-13(20)16-6-9-1-2-9/h3-5,8-9H,1-2,6-7H2,(H,16,20)(H,17,18,19). The van der Waals surface area contributed by atoms with Crippen LogP contribution >= 0.6 is 15.9 Å². The van der Waals surface area contributed by atoms with Crippen molar-refractivity contribution in [3.8, 4) is 0 Å². The van der Waals surface area contributed by atoms with Gasteiger partial charge in [-0.25, -0.2) is 9.97 Å². The van der Waals surface area contributed by atoms with Crippen LogP contribution in [0.25, 0.3) is 10.9 Å². The quantitative estimate of drug-likeness (QED) is 0.880. The molecule has 0 radical (unpaired) electrons. The van der Waals surface area contributed by atoms with Gasteiger partial charge in [-0.05, 0) is 37.0 Å². The number of rotatable bonds is 5. The molecule has 0 unspecified atom stereocenters. The highest BCUT2D eigenvalue weighted by molar-refractivity contribution is 9.10. The second kappa shape index (κ2) is 5.75. The molecule has 0 spiro atoms. The van der Waals surface area contributed by atoms with Crippen LogP contribution in [0.1, 0.15) is 12.8 Å². The molecule has 2 aromatic rings. The summed E-state index contributed by atoms with van der Waals surface area (Å²) >= 11 is 3.43. The van der Waals surface area contributed by atoms with Gasteiger partial charge in [0.15, 0.2) is 0 Å². The number of anilines is 1. The number of carbonyl (C=O) groups excluding carboxylic acids is 1. The molecule has 1 aliphatic carbocycles. The Bertz CT molecular complexity index is 642. The number of amides is 1. The van der Waals surface area contributed by atoms with Gasteiger partial charge in [-0.2, -0.15) is 0 Å². The van der Waals surface area contributed by atoms with E-state index in [9.17, 15) is 4.79 Å². The van der Waals surface area contributed by atoms with E-state index < -0.39 is 0 Å². The molecular formula is C14H15BrN4O. The van der Waals surface area contributed by atoms with Gasteiger partial charge in [0.25, 0.3) is 0 Å². The van der Waals surface area contributed by atoms with Crippen LogP contribution < -0.4 is 10.6 Å². The van der Waals surface area contributed by atoms with Gasteiger partial charge < -0.3 is 10.6 Å². The first-order valence-corrected chi connectivity index (χ1v) is 7.42. The van der Waals surface area contributed by atoms with Crippen LogP contribution in [0.3, 0.4) is 0 Å². The van der Waals surface area contributed by atoms with Gasteiger partial charge in [0.1, 0.15) is 12.1 Å². The molecule has 104 valence electrons. The molecule has 5 nitrogen and oxygen atoms in total. The molecular weight excluding hydrogens is 320 g/mol. The Balaban J connectivity index is 1.67. The monoisotopic (exact) mass is 334 g/mol. The summed E-state index contributed by atoms with van der Waals surface area (Å²) in [6.07, 6.45) is 3.97. The van der Waals surface area contributed by atoms with E-state index in [0.717, 1.165) is 21.9 Å². The average molecular weight is 335 g/mol. The summed E-state index contributed by atoms with van der Waals surface area (Å²) < 4.78 is 0.959. The molecule has 1 aliphatic rings. The van der Waals surface area contributed by atoms with E-state index in [1.807, 2.05) is 18.2 Å². The van der Waals surface area contributed by atoms with Crippen LogP contribution in [-0.4, -0.2) is 29.0 Å². The summed E-state index contributed by atoms with van der Waals surface area (Å²) in [6, 6.07) is 5.79. The highest BCUT2D eigenvalue weighted by atomic mass is 79.9. The molecule has 2 N–H and O–H groups in total. The highest BCUT2D eigenvalue weighted by Gasteiger charge is 2.21. The van der Waals surface area contributed by atoms with Gasteiger partial charge in [0.2, 0.25) is 5.91 Å². The number of nitrogens with zero attached hydrogens (tertiary/aromatic N) is 2. The van der Waals surface area contributed by atoms with Gasteiger partial charge in [-0.15, -0.1) is 0 Å². The summed E-state index contributed by atoms with van der Waals surface area (Å²) in [6.45, 7) is 1.02. The summed E-state index contributed by atoms with van der Waals surface area (Å²) in [5, 5.41) is 6.89. The number of benzene rings is 1. The van der Waals surface area contributed by atoms with E-state index in [1.54, 1.807) is 0 Å². The Morgan fingerprint density at radius 1 is 1.35 bits per heavy atom. The third kappa shape index (κ3) is 3.25. The molecule has 1 heterocycles. The Morgan fingerprint density at radius 2 is 2.20 bits per heavy atom. The van der Waals surface area contributed by atoms with Crippen molar-refractivity contribution < 1.29 is 4.79 Å². The van der Waals surface area contributed by atoms with Crippen LogP contribution in [-0.2, 0) is 4.79 Å². The second-order valence-corrected chi connectivity index (χ2v) is 5.90. The Kier molecular flexibility index (Phi) is 3.82. The summed E-state index contributed by atoms with van der Waals surface area (Å²) in [7, 11) is 0. The van der Waals surface area contributed by atoms with Crippen molar-refractivity contribution in [2.75, 3.05) is 18.4 Å². The van der Waals surface area contributed by atoms with E-state index in [-0.39, 0.29) is 12.5 Å². The molecule has 6 heteroatoms. The molecule has 0 atom stereocenters. The van der Waals surface area contributed by atoms with Gasteiger partial charge >= 0.3 is 0 Å². The summed E-state index contributed by atoms with van der Waals surface area (Å²) in [5.41, 5.74) is 0.851. The zero-order valence-electron chi connectivity index (χ0n) is 10.9. The zero-order valence-corrected chi connectivity index (χ0v) is 12.5. The van der Waals surface area contributed by atoms with Crippen molar-refractivity contribution in [2.24, 2.45) is 5.92 Å². The SMILES string of the molecule is O=C(CNc1ncnc2ccc(Br)cc12)NCC1CC1. The maximum absolute atomic E-state index is 11.7. The van der Waals surface area contributed by atoms with Gasteiger partial charge in [0, 0.05) is 16.4 Å². The molecule has 20 heavy (non-hydrogen) atoms. The largest absolute Gasteiger partial charge is 0.360 e. The van der Waals surface area contributed by atoms with E-state index >= 15 is 0 Å². The maximum Gasteiger partial charge on any atom is 0.239 e. The lowest BCUT2D eigenvalue weighted by molar-refractivity contribution is -0.119. The molecule has 3 rings (SSSR count). The van der Waals surface area contributed by atoms with Gasteiger partial charge in [-0.1, -0.05) is 15.9 Å². The summed E-state index contributed by atoms with van der Waals surface area (Å²) in [5.74, 6) is 1.37. The first kappa shape index (κ1) is 13.3. The predicted octanol–water partition coefficient (Wildman–Crippen LogP) is 2.33. The fraction of sp³-hybridized carbons (Fsp3) is 0.357. The van der Waals surface area contributed by atoms with E-state index in [4.69, 9.17) is 0 Å². The lowest BCUT2D eigenvalue weighted by Crippen LogP contribution is -2.31. The molecule has 1 aromatic carbocycles. The minimum atomic E-state index is -0.00124. The third-order valence-corrected chi connectivity index (χ3v) is 3.79. The minimum absolute atomic E-state index is 0.00124. The van der Waals surface area contributed by atoms with Crippen LogP contribution in [0, 0.1) is 5.92 Å². The molecule has 1 saturated carbocycles. The van der Waals surface area contributed by atoms with Crippen molar-refractivity contribution >= 4 is 38.6 Å². The fourth-order valence-electron chi connectivity index (χ4n) is 1.98. The molecule has 0 bridgehead atoms. The molecule has 1 fully saturated rings. The normalized spacial score (nSPS) is 14.2. The number of aromatic nitrogens is 2. The first-order valence-electron chi connectivity index (χ1n) is 6.63. The maximum atomic E-state index is 11.7. The van der Waals surface area contributed by atoms with Gasteiger partial charge in [0.05, 0.1) is 12.1 Å². The number of carbonyl (C=O) groups is 1. The average Bonchev–Trinajstić information content (AvgIpc) is 3.27. The second-order valence-electron chi connectivity index (χ2n) is 4.98. The predicted molar refractivity (Wildman–Crippen MR) is 81.5 cm³/mol. The summed E-state index contributed by atoms with van der Waals surface area (Å²) in [4.78, 5) is 20.1. The number of hydrogen-bond acceptors (Lipinski definition) is 4. The Morgan fingerprint density at radius 3 is 3.00 bits per heavy atom. The molecule has 1 amide bonds. The van der Waals surface area contributed by atoms with Crippen molar-refractivity contribution in [3.05, 3.63) is 29.0 Å². The Labute approximate surface area is 125 Å². The smallest absolute Gasteiger partial charge is 0.239 e. The minimum Gasteiger partial charge on any atom is -0.360 e. The lowest BCUT2D eigenvalue weighted by atomic mass is 10.2. The molecule has 1 aromatic heterocycles. The number of nitrogens with one attached hydrogen (secondary N) is 2. The van der Waals surface area contributed by atoms with Crippen LogP contribution in [0.2, 0.25) is 0 Å². The van der Waals surface area contributed by atoms with Crippen molar-refractivity contribution in [2.45, 2.75) is 12.8 Å². The van der Waals surface area contributed by atoms with Crippen LogP contribution in [0.15, 0.2) is 29.0 Å². The number of hydrogen-bond donors (Lipinski definition) is 2. The number of fused-ring (bicyclic) bond motifs is 1. The topological polar surface area (TPSA) is 66.9 Å². The first-order chi connectivity index (χ1) is 9.72. The van der Waals surface area contributed by atoms with Crippen LogP contribution in [0.4, 0.5) is 5.82 Å². The van der Waals surface area contributed by atoms with E-state index in [1.165, 1.54) is 19.2 Å². The van der Waals surface area contributed by atoms with Crippen molar-refractivity contribution in [1.29, 1.82) is 0 Å². The third-order valence-electron chi connectivity index (χ3n) is 3.30. The molecule has 0 saturated heterocycles. The number of halogens is 1. The molecule has 0 aliphatic heterocycles. The van der Waals surface area contributed by atoms with E-state index in [0.29, 0.717) is 11.7 Å².